The van der Waals surface area contributed by atoms with Crippen molar-refractivity contribution in [2.24, 2.45) is 5.16 Å². The third kappa shape index (κ3) is 5.35. The number of hydrogen-bond acceptors (Lipinski definition) is 5. The van der Waals surface area contributed by atoms with Crippen LogP contribution in [0.3, 0.4) is 0 Å². The molecule has 0 radical (unpaired) electrons. The van der Waals surface area contributed by atoms with Gasteiger partial charge in [-0.3, -0.25) is 4.98 Å². The van der Waals surface area contributed by atoms with E-state index in [1.165, 1.54) is 6.07 Å². The summed E-state index contributed by atoms with van der Waals surface area (Å²) in [6.45, 7) is -0.0118. The Kier molecular flexibility index (Phi) is 7.11. The van der Waals surface area contributed by atoms with Gasteiger partial charge in [-0.1, -0.05) is 81.5 Å². The Hall–Kier alpha value is -3.07. The molecule has 2 heterocycles. The number of hydrogen-bond donors (Lipinski definition) is 0. The van der Waals surface area contributed by atoms with Crippen molar-refractivity contribution in [1.29, 1.82) is 0 Å². The molecule has 0 atom stereocenters. The normalized spacial score (nSPS) is 12.1. The molecule has 0 amide bonds. The molecule has 34 heavy (non-hydrogen) atoms. The first kappa shape index (κ1) is 24.1. The van der Waals surface area contributed by atoms with Crippen LogP contribution in [0.15, 0.2) is 76.5 Å². The van der Waals surface area contributed by atoms with Crippen molar-refractivity contribution in [1.82, 2.24) is 10.1 Å². The van der Waals surface area contributed by atoms with Crippen molar-refractivity contribution in [3.63, 3.8) is 0 Å². The van der Waals surface area contributed by atoms with E-state index in [-0.39, 0.29) is 34.5 Å². The van der Waals surface area contributed by atoms with Crippen LogP contribution in [0.2, 0.25) is 15.1 Å². The second kappa shape index (κ2) is 10.0. The van der Waals surface area contributed by atoms with E-state index in [0.717, 1.165) is 6.07 Å². The van der Waals surface area contributed by atoms with Crippen molar-refractivity contribution in [3.8, 4) is 11.4 Å². The summed E-state index contributed by atoms with van der Waals surface area (Å²) in [7, 11) is 0. The largest absolute Gasteiger partial charge is 0.417 e. The van der Waals surface area contributed by atoms with Crippen LogP contribution < -0.4 is 0 Å². The number of alkyl halides is 3. The van der Waals surface area contributed by atoms with Gasteiger partial charge in [0.25, 0.3) is 0 Å². The van der Waals surface area contributed by atoms with Crippen LogP contribution in [-0.4, -0.2) is 15.9 Å². The van der Waals surface area contributed by atoms with Crippen molar-refractivity contribution >= 4 is 40.5 Å². The molecule has 0 aliphatic heterocycles. The number of halogens is 6. The number of benzene rings is 2. The lowest BCUT2D eigenvalue weighted by Gasteiger charge is -2.07. The molecule has 0 aliphatic carbocycles. The molecule has 0 spiro atoms. The quantitative estimate of drug-likeness (QED) is 0.191. The van der Waals surface area contributed by atoms with Gasteiger partial charge in [-0.2, -0.15) is 13.2 Å². The van der Waals surface area contributed by atoms with E-state index in [9.17, 15) is 13.2 Å². The first-order valence-corrected chi connectivity index (χ1v) is 10.8. The second-order valence-corrected chi connectivity index (χ2v) is 8.13. The fourth-order valence-corrected chi connectivity index (χ4v) is 3.72. The van der Waals surface area contributed by atoms with Gasteiger partial charge in [0, 0.05) is 33.4 Å². The van der Waals surface area contributed by atoms with E-state index in [4.69, 9.17) is 44.2 Å². The fraction of sp³-hybridized carbons (Fsp3) is 0.0870. The molecule has 11 heteroatoms. The predicted molar refractivity (Wildman–Crippen MR) is 123 cm³/mol. The number of rotatable bonds is 6. The van der Waals surface area contributed by atoms with Crippen molar-refractivity contribution < 1.29 is 22.5 Å². The average Bonchev–Trinajstić information content (AvgIpc) is 3.28. The van der Waals surface area contributed by atoms with Gasteiger partial charge in [0.2, 0.25) is 0 Å². The van der Waals surface area contributed by atoms with Gasteiger partial charge < -0.3 is 9.36 Å². The maximum Gasteiger partial charge on any atom is 0.417 e. The minimum Gasteiger partial charge on any atom is -0.390 e. The Morgan fingerprint density at radius 2 is 1.65 bits per heavy atom. The highest BCUT2D eigenvalue weighted by Gasteiger charge is 2.32. The van der Waals surface area contributed by atoms with Crippen molar-refractivity contribution in [2.75, 3.05) is 0 Å². The first-order valence-electron chi connectivity index (χ1n) is 9.62. The molecule has 0 saturated heterocycles. The van der Waals surface area contributed by atoms with Crippen molar-refractivity contribution in [3.05, 3.63) is 104 Å². The standard InChI is InChI=1S/C23H13Cl3F3N3O2/c24-16-7-4-8-17(25)15(16)12-33-32-21(13-5-2-1-3-6-13)20-10-19(31-34-20)22-18(26)9-14(11-30-22)23(27,28)29/h1-11H,12H2/b32-21+. The van der Waals surface area contributed by atoms with Gasteiger partial charge in [-0.05, 0) is 18.2 Å². The molecule has 2 aromatic heterocycles. The second-order valence-electron chi connectivity index (χ2n) is 6.91. The van der Waals surface area contributed by atoms with Crippen LogP contribution in [0.25, 0.3) is 11.4 Å². The number of oxime groups is 1. The van der Waals surface area contributed by atoms with Gasteiger partial charge in [0.1, 0.15) is 18.0 Å². The van der Waals surface area contributed by atoms with E-state index >= 15 is 0 Å². The highest BCUT2D eigenvalue weighted by molar-refractivity contribution is 6.36. The Labute approximate surface area is 206 Å². The zero-order chi connectivity index (χ0) is 24.3. The Balaban J connectivity index is 1.66. The highest BCUT2D eigenvalue weighted by atomic mass is 35.5. The van der Waals surface area contributed by atoms with Gasteiger partial charge in [-0.25, -0.2) is 0 Å². The van der Waals surface area contributed by atoms with Gasteiger partial charge in [-0.15, -0.1) is 0 Å². The minimum absolute atomic E-state index is 0.0118. The van der Waals surface area contributed by atoms with Gasteiger partial charge in [0.05, 0.1) is 10.6 Å². The molecule has 0 unspecified atom stereocenters. The molecule has 0 aliphatic rings. The summed E-state index contributed by atoms with van der Waals surface area (Å²) in [5.41, 5.74) is 0.670. The molecule has 0 N–H and O–H groups in total. The number of pyridine rings is 1. The lowest BCUT2D eigenvalue weighted by molar-refractivity contribution is -0.137. The Morgan fingerprint density at radius 1 is 0.941 bits per heavy atom. The molecule has 0 fully saturated rings. The van der Waals surface area contributed by atoms with Crippen LogP contribution in [0.1, 0.15) is 22.5 Å². The molecule has 0 bridgehead atoms. The summed E-state index contributed by atoms with van der Waals surface area (Å²) in [6, 6.07) is 16.3. The van der Waals surface area contributed by atoms with Crippen LogP contribution in [0.4, 0.5) is 13.2 Å². The van der Waals surface area contributed by atoms with E-state index in [2.05, 4.69) is 15.3 Å². The number of nitrogens with zero attached hydrogens (tertiary/aromatic N) is 3. The fourth-order valence-electron chi connectivity index (χ4n) is 2.95. The maximum absolute atomic E-state index is 12.9. The molecular formula is C23H13Cl3F3N3O2. The summed E-state index contributed by atoms with van der Waals surface area (Å²) in [5.74, 6) is 0.184. The smallest absolute Gasteiger partial charge is 0.390 e. The zero-order valence-corrected chi connectivity index (χ0v) is 19.3. The van der Waals surface area contributed by atoms with Gasteiger partial charge in [0.15, 0.2) is 11.5 Å². The highest BCUT2D eigenvalue weighted by Crippen LogP contribution is 2.34. The van der Waals surface area contributed by atoms with Crippen LogP contribution >= 0.6 is 34.8 Å². The SMILES string of the molecule is FC(F)(F)c1cnc(-c2cc(/C(=N/OCc3c(Cl)cccc3Cl)c3ccccc3)on2)c(Cl)c1. The molecule has 5 nitrogen and oxygen atoms in total. The summed E-state index contributed by atoms with van der Waals surface area (Å²) >= 11 is 18.4. The van der Waals surface area contributed by atoms with E-state index in [1.807, 2.05) is 6.07 Å². The summed E-state index contributed by atoms with van der Waals surface area (Å²) in [4.78, 5) is 9.32. The topological polar surface area (TPSA) is 60.5 Å². The first-order chi connectivity index (χ1) is 16.2. The lowest BCUT2D eigenvalue weighted by Crippen LogP contribution is -2.05. The summed E-state index contributed by atoms with van der Waals surface area (Å²) in [6.07, 6.45) is -3.89. The maximum atomic E-state index is 12.9. The van der Waals surface area contributed by atoms with Crippen LogP contribution in [0, 0.1) is 0 Å². The van der Waals surface area contributed by atoms with Crippen LogP contribution in [0.5, 0.6) is 0 Å². The Morgan fingerprint density at radius 3 is 2.29 bits per heavy atom. The van der Waals surface area contributed by atoms with Crippen molar-refractivity contribution in [2.45, 2.75) is 12.8 Å². The molecule has 2 aromatic carbocycles. The third-order valence-corrected chi connectivity index (χ3v) is 5.62. The molecule has 4 rings (SSSR count). The molecule has 174 valence electrons. The third-order valence-electron chi connectivity index (χ3n) is 4.63. The monoisotopic (exact) mass is 525 g/mol. The summed E-state index contributed by atoms with van der Waals surface area (Å²) < 4.78 is 44.1. The van der Waals surface area contributed by atoms with E-state index in [1.54, 1.807) is 42.5 Å². The molecule has 4 aromatic rings. The predicted octanol–water partition coefficient (Wildman–Crippen LogP) is 7.68. The lowest BCUT2D eigenvalue weighted by atomic mass is 10.1. The zero-order valence-electron chi connectivity index (χ0n) is 17.0. The number of aromatic nitrogens is 2. The van der Waals surface area contributed by atoms with E-state index < -0.39 is 11.7 Å². The Bertz CT molecular complexity index is 1320. The average molecular weight is 527 g/mol. The van der Waals surface area contributed by atoms with Crippen LogP contribution in [-0.2, 0) is 17.6 Å². The van der Waals surface area contributed by atoms with Gasteiger partial charge >= 0.3 is 6.18 Å². The molecule has 0 saturated carbocycles. The summed E-state index contributed by atoms with van der Waals surface area (Å²) in [5, 5.41) is 8.70. The minimum atomic E-state index is -4.57. The molecular weight excluding hydrogens is 514 g/mol. The van der Waals surface area contributed by atoms with E-state index in [0.29, 0.717) is 27.4 Å².